The molecule has 2 heterocycles. The van der Waals surface area contributed by atoms with E-state index >= 15 is 0 Å². The second-order valence-electron chi connectivity index (χ2n) is 8.44. The number of benzene rings is 2. The van der Waals surface area contributed by atoms with Gasteiger partial charge in [0.15, 0.2) is 0 Å². The largest absolute Gasteiger partial charge is 0.396 e. The van der Waals surface area contributed by atoms with E-state index in [1.54, 1.807) is 0 Å². The molecular formula is C27H31N3O2. The van der Waals surface area contributed by atoms with Crippen molar-refractivity contribution in [3.63, 3.8) is 0 Å². The zero-order valence-electron chi connectivity index (χ0n) is 18.7. The van der Waals surface area contributed by atoms with Crippen molar-refractivity contribution in [3.05, 3.63) is 83.9 Å². The molecule has 5 heteroatoms. The maximum atomic E-state index is 13.7. The number of amides is 1. The first-order chi connectivity index (χ1) is 15.7. The Morgan fingerprint density at radius 3 is 2.47 bits per heavy atom. The third kappa shape index (κ3) is 5.00. The van der Waals surface area contributed by atoms with E-state index in [-0.39, 0.29) is 18.6 Å². The van der Waals surface area contributed by atoms with Gasteiger partial charge in [-0.05, 0) is 43.4 Å². The Morgan fingerprint density at radius 1 is 1.03 bits per heavy atom. The van der Waals surface area contributed by atoms with Crippen LogP contribution in [0.1, 0.15) is 41.6 Å². The fourth-order valence-electron chi connectivity index (χ4n) is 4.48. The number of anilines is 1. The van der Waals surface area contributed by atoms with Crippen LogP contribution in [0.25, 0.3) is 11.3 Å². The monoisotopic (exact) mass is 429 g/mol. The highest BCUT2D eigenvalue weighted by Gasteiger charge is 2.29. The number of nitrogens with zero attached hydrogens (tertiary/aromatic N) is 3. The summed E-state index contributed by atoms with van der Waals surface area (Å²) in [5.41, 5.74) is 3.66. The van der Waals surface area contributed by atoms with Crippen LogP contribution in [0.2, 0.25) is 0 Å². The van der Waals surface area contributed by atoms with Crippen molar-refractivity contribution in [2.24, 2.45) is 0 Å². The number of hydrogen-bond donors (Lipinski definition) is 1. The number of aliphatic hydroxyl groups is 1. The van der Waals surface area contributed by atoms with Gasteiger partial charge in [-0.2, -0.15) is 0 Å². The average Bonchev–Trinajstić information content (AvgIpc) is 2.85. The molecule has 0 bridgehead atoms. The summed E-state index contributed by atoms with van der Waals surface area (Å²) in [7, 11) is 1.99. The highest BCUT2D eigenvalue weighted by atomic mass is 16.3. The lowest BCUT2D eigenvalue weighted by atomic mass is 9.98. The van der Waals surface area contributed by atoms with Crippen molar-refractivity contribution in [1.29, 1.82) is 0 Å². The lowest BCUT2D eigenvalue weighted by molar-refractivity contribution is 0.0575. The molecule has 2 aromatic carbocycles. The second kappa shape index (κ2) is 10.4. The molecule has 1 fully saturated rings. The normalized spacial score (nSPS) is 16.1. The maximum absolute atomic E-state index is 13.7. The summed E-state index contributed by atoms with van der Waals surface area (Å²) in [5.74, 6) is 0.693. The average molecular weight is 430 g/mol. The zero-order valence-corrected chi connectivity index (χ0v) is 18.7. The SMILES string of the molecule is CN(Cc1ccccc1)c1nc(-c2ccccc2)ccc1C(=O)N1CCCCC1CCO. The van der Waals surface area contributed by atoms with Crippen LogP contribution in [-0.2, 0) is 6.54 Å². The smallest absolute Gasteiger partial charge is 0.257 e. The van der Waals surface area contributed by atoms with Crippen LogP contribution < -0.4 is 4.90 Å². The predicted octanol–water partition coefficient (Wildman–Crippen LogP) is 4.76. The second-order valence-corrected chi connectivity index (χ2v) is 8.44. The molecule has 1 aromatic heterocycles. The Hall–Kier alpha value is -3.18. The quantitative estimate of drug-likeness (QED) is 0.588. The van der Waals surface area contributed by atoms with E-state index in [2.05, 4.69) is 17.0 Å². The Kier molecular flexibility index (Phi) is 7.17. The molecule has 32 heavy (non-hydrogen) atoms. The first-order valence-corrected chi connectivity index (χ1v) is 11.4. The molecule has 1 saturated heterocycles. The van der Waals surface area contributed by atoms with E-state index in [0.717, 1.165) is 42.6 Å². The molecule has 3 aromatic rings. The molecule has 0 saturated carbocycles. The van der Waals surface area contributed by atoms with Gasteiger partial charge in [0.05, 0.1) is 11.3 Å². The lowest BCUT2D eigenvalue weighted by Crippen LogP contribution is -2.44. The first-order valence-electron chi connectivity index (χ1n) is 11.4. The Morgan fingerprint density at radius 2 is 1.75 bits per heavy atom. The van der Waals surface area contributed by atoms with E-state index in [0.29, 0.717) is 24.3 Å². The predicted molar refractivity (Wildman–Crippen MR) is 129 cm³/mol. The minimum Gasteiger partial charge on any atom is -0.396 e. The lowest BCUT2D eigenvalue weighted by Gasteiger charge is -2.36. The van der Waals surface area contributed by atoms with Crippen molar-refractivity contribution in [1.82, 2.24) is 9.88 Å². The number of pyridine rings is 1. The molecule has 1 N–H and O–H groups in total. The number of likely N-dealkylation sites (tertiary alicyclic amines) is 1. The van der Waals surface area contributed by atoms with Gasteiger partial charge < -0.3 is 14.9 Å². The number of carbonyl (C=O) groups is 1. The Balaban J connectivity index is 1.71. The topological polar surface area (TPSA) is 56.7 Å². The minimum absolute atomic E-state index is 0.00479. The number of carbonyl (C=O) groups excluding carboxylic acids is 1. The summed E-state index contributed by atoms with van der Waals surface area (Å²) in [6.07, 6.45) is 3.66. The van der Waals surface area contributed by atoms with Crippen molar-refractivity contribution in [3.8, 4) is 11.3 Å². The van der Waals surface area contributed by atoms with E-state index in [1.807, 2.05) is 72.6 Å². The number of hydrogen-bond acceptors (Lipinski definition) is 4. The third-order valence-corrected chi connectivity index (χ3v) is 6.15. The summed E-state index contributed by atoms with van der Waals surface area (Å²) in [5, 5.41) is 9.50. The molecule has 1 amide bonds. The van der Waals surface area contributed by atoms with Crippen LogP contribution in [0, 0.1) is 0 Å². The van der Waals surface area contributed by atoms with E-state index in [1.165, 1.54) is 0 Å². The van der Waals surface area contributed by atoms with Crippen molar-refractivity contribution in [2.45, 2.75) is 38.3 Å². The number of aliphatic hydroxyl groups excluding tert-OH is 1. The standard InChI is InChI=1S/C27H31N3O2/c1-29(20-21-10-4-2-5-11-21)26-24(15-16-25(28-26)22-12-6-3-7-13-22)27(32)30-18-9-8-14-23(30)17-19-31/h2-7,10-13,15-16,23,31H,8-9,14,17-20H2,1H3. The summed E-state index contributed by atoms with van der Waals surface area (Å²) in [6, 6.07) is 24.2. The van der Waals surface area contributed by atoms with Gasteiger partial charge >= 0.3 is 0 Å². The van der Waals surface area contributed by atoms with Crippen LogP contribution in [0.5, 0.6) is 0 Å². The molecule has 1 atom stereocenters. The Labute approximate surface area is 190 Å². The third-order valence-electron chi connectivity index (χ3n) is 6.15. The fourth-order valence-corrected chi connectivity index (χ4v) is 4.48. The number of rotatable bonds is 7. The highest BCUT2D eigenvalue weighted by Crippen LogP contribution is 2.29. The molecule has 1 aliphatic heterocycles. The van der Waals surface area contributed by atoms with E-state index in [4.69, 9.17) is 4.98 Å². The van der Waals surface area contributed by atoms with Gasteiger partial charge in [0.2, 0.25) is 0 Å². The van der Waals surface area contributed by atoms with Crippen LogP contribution >= 0.6 is 0 Å². The highest BCUT2D eigenvalue weighted by molar-refractivity contribution is 5.99. The van der Waals surface area contributed by atoms with Gasteiger partial charge in [0.1, 0.15) is 5.82 Å². The molecule has 166 valence electrons. The van der Waals surface area contributed by atoms with Crippen molar-refractivity contribution >= 4 is 11.7 Å². The maximum Gasteiger partial charge on any atom is 0.257 e. The molecule has 1 aliphatic rings. The summed E-state index contributed by atoms with van der Waals surface area (Å²) in [4.78, 5) is 22.6. The van der Waals surface area contributed by atoms with Crippen molar-refractivity contribution in [2.75, 3.05) is 25.1 Å². The van der Waals surface area contributed by atoms with E-state index < -0.39 is 0 Å². The first kappa shape index (κ1) is 22.0. The van der Waals surface area contributed by atoms with Gasteiger partial charge in [-0.15, -0.1) is 0 Å². The summed E-state index contributed by atoms with van der Waals surface area (Å²) in [6.45, 7) is 1.48. The van der Waals surface area contributed by atoms with E-state index in [9.17, 15) is 9.90 Å². The van der Waals surface area contributed by atoms with Crippen LogP contribution in [-0.4, -0.2) is 47.1 Å². The van der Waals surface area contributed by atoms with Crippen molar-refractivity contribution < 1.29 is 9.90 Å². The summed E-state index contributed by atoms with van der Waals surface area (Å²) < 4.78 is 0. The molecule has 4 rings (SSSR count). The van der Waals surface area contributed by atoms with Gasteiger partial charge in [0.25, 0.3) is 5.91 Å². The Bertz CT molecular complexity index is 1020. The molecule has 0 aliphatic carbocycles. The van der Waals surface area contributed by atoms with Gasteiger partial charge in [-0.1, -0.05) is 60.7 Å². The number of piperidine rings is 1. The number of aromatic nitrogens is 1. The summed E-state index contributed by atoms with van der Waals surface area (Å²) >= 11 is 0. The molecule has 5 nitrogen and oxygen atoms in total. The van der Waals surface area contributed by atoms with Gasteiger partial charge in [0, 0.05) is 38.3 Å². The van der Waals surface area contributed by atoms with Crippen LogP contribution in [0.3, 0.4) is 0 Å². The zero-order chi connectivity index (χ0) is 22.3. The molecule has 0 spiro atoms. The van der Waals surface area contributed by atoms with Gasteiger partial charge in [-0.3, -0.25) is 4.79 Å². The van der Waals surface area contributed by atoms with Gasteiger partial charge in [-0.25, -0.2) is 4.98 Å². The van der Waals surface area contributed by atoms with Crippen LogP contribution in [0.15, 0.2) is 72.8 Å². The fraction of sp³-hybridized carbons (Fsp3) is 0.333. The molecular weight excluding hydrogens is 398 g/mol. The minimum atomic E-state index is 0.00479. The molecule has 1 unspecified atom stereocenters. The van der Waals surface area contributed by atoms with Crippen LogP contribution in [0.4, 0.5) is 5.82 Å². The molecule has 0 radical (unpaired) electrons.